The predicted octanol–water partition coefficient (Wildman–Crippen LogP) is 3.45. The molecule has 2 rings (SSSR count). The maximum absolute atomic E-state index is 5.58. The lowest BCUT2D eigenvalue weighted by molar-refractivity contribution is 0.438. The average molecular weight is 258 g/mol. The molecular formula is C16H22N2O. The summed E-state index contributed by atoms with van der Waals surface area (Å²) < 4.78 is 5.58. The summed E-state index contributed by atoms with van der Waals surface area (Å²) in [6, 6.07) is 4.45. The molecule has 2 aromatic rings. The first-order chi connectivity index (χ1) is 9.10. The summed E-state index contributed by atoms with van der Waals surface area (Å²) in [6.45, 7) is 10.1. The molecule has 3 nitrogen and oxygen atoms in total. The van der Waals surface area contributed by atoms with Gasteiger partial charge in [0.2, 0.25) is 5.89 Å². The Morgan fingerprint density at radius 2 is 1.79 bits per heavy atom. The van der Waals surface area contributed by atoms with Gasteiger partial charge in [0, 0.05) is 13.0 Å². The Labute approximate surface area is 115 Å². The third kappa shape index (κ3) is 3.44. The van der Waals surface area contributed by atoms with Gasteiger partial charge in [0.25, 0.3) is 0 Å². The lowest BCUT2D eigenvalue weighted by Crippen LogP contribution is -2.14. The van der Waals surface area contributed by atoms with Gasteiger partial charge in [-0.05, 0) is 37.5 Å². The molecule has 3 heteroatoms. The largest absolute Gasteiger partial charge is 0.444 e. The molecule has 1 heterocycles. The van der Waals surface area contributed by atoms with Crippen LogP contribution >= 0.6 is 0 Å². The molecule has 0 aliphatic heterocycles. The van der Waals surface area contributed by atoms with E-state index in [-0.39, 0.29) is 0 Å². The molecule has 0 saturated carbocycles. The topological polar surface area (TPSA) is 38.1 Å². The number of rotatable bonds is 5. The van der Waals surface area contributed by atoms with Crippen LogP contribution in [0.2, 0.25) is 0 Å². The molecule has 0 aliphatic rings. The number of hydrogen-bond acceptors (Lipinski definition) is 3. The molecule has 1 aromatic heterocycles. The molecule has 1 aromatic carbocycles. The summed E-state index contributed by atoms with van der Waals surface area (Å²) in [6.07, 6.45) is 2.70. The van der Waals surface area contributed by atoms with Crippen molar-refractivity contribution in [1.82, 2.24) is 10.3 Å². The van der Waals surface area contributed by atoms with E-state index < -0.39 is 0 Å². The third-order valence-electron chi connectivity index (χ3n) is 3.37. The van der Waals surface area contributed by atoms with Gasteiger partial charge in [0.1, 0.15) is 5.76 Å². The SMILES string of the molecule is CCc1cnc(CNCc2c(C)cc(C)cc2C)o1. The molecule has 102 valence electrons. The van der Waals surface area contributed by atoms with E-state index in [4.69, 9.17) is 4.42 Å². The van der Waals surface area contributed by atoms with Gasteiger partial charge in [0.15, 0.2) is 0 Å². The second kappa shape index (κ2) is 6.02. The maximum atomic E-state index is 5.58. The molecular weight excluding hydrogens is 236 g/mol. The van der Waals surface area contributed by atoms with Gasteiger partial charge in [-0.3, -0.25) is 0 Å². The molecule has 0 unspecified atom stereocenters. The van der Waals surface area contributed by atoms with E-state index >= 15 is 0 Å². The van der Waals surface area contributed by atoms with Crippen LogP contribution in [0, 0.1) is 20.8 Å². The number of aromatic nitrogens is 1. The van der Waals surface area contributed by atoms with Crippen molar-refractivity contribution in [3.8, 4) is 0 Å². The number of nitrogens with zero attached hydrogens (tertiary/aromatic N) is 1. The van der Waals surface area contributed by atoms with E-state index in [0.717, 1.165) is 24.6 Å². The third-order valence-corrected chi connectivity index (χ3v) is 3.37. The zero-order valence-electron chi connectivity index (χ0n) is 12.2. The highest BCUT2D eigenvalue weighted by atomic mass is 16.4. The standard InChI is InChI=1S/C16H22N2O/c1-5-14-8-18-16(19-14)10-17-9-15-12(3)6-11(2)7-13(15)4/h6-8,17H,5,9-10H2,1-4H3. The van der Waals surface area contributed by atoms with Crippen molar-refractivity contribution in [3.05, 3.63) is 52.2 Å². The Hall–Kier alpha value is -1.61. The van der Waals surface area contributed by atoms with Crippen molar-refractivity contribution in [3.63, 3.8) is 0 Å². The molecule has 0 aliphatic carbocycles. The monoisotopic (exact) mass is 258 g/mol. The van der Waals surface area contributed by atoms with Gasteiger partial charge in [0.05, 0.1) is 12.7 Å². The fraction of sp³-hybridized carbons (Fsp3) is 0.438. The zero-order valence-corrected chi connectivity index (χ0v) is 12.2. The highest BCUT2D eigenvalue weighted by Gasteiger charge is 2.05. The fourth-order valence-electron chi connectivity index (χ4n) is 2.38. The second-order valence-electron chi connectivity index (χ2n) is 5.05. The summed E-state index contributed by atoms with van der Waals surface area (Å²) in [5.41, 5.74) is 5.37. The van der Waals surface area contributed by atoms with Gasteiger partial charge < -0.3 is 9.73 Å². The lowest BCUT2D eigenvalue weighted by atomic mass is 10.00. The van der Waals surface area contributed by atoms with E-state index in [0.29, 0.717) is 6.54 Å². The minimum absolute atomic E-state index is 0.673. The Morgan fingerprint density at radius 3 is 2.37 bits per heavy atom. The van der Waals surface area contributed by atoms with Crippen molar-refractivity contribution >= 4 is 0 Å². The second-order valence-corrected chi connectivity index (χ2v) is 5.05. The first-order valence-corrected chi connectivity index (χ1v) is 6.81. The van der Waals surface area contributed by atoms with Crippen LogP contribution in [0.25, 0.3) is 0 Å². The maximum Gasteiger partial charge on any atom is 0.208 e. The van der Waals surface area contributed by atoms with Gasteiger partial charge in [-0.2, -0.15) is 0 Å². The summed E-state index contributed by atoms with van der Waals surface area (Å²) in [7, 11) is 0. The normalized spacial score (nSPS) is 10.9. The van der Waals surface area contributed by atoms with E-state index in [1.165, 1.54) is 22.3 Å². The molecule has 0 amide bonds. The van der Waals surface area contributed by atoms with Crippen LogP contribution in [-0.4, -0.2) is 4.98 Å². The molecule has 0 saturated heterocycles. The molecule has 1 N–H and O–H groups in total. The van der Waals surface area contributed by atoms with Crippen LogP contribution in [0.3, 0.4) is 0 Å². The van der Waals surface area contributed by atoms with Crippen molar-refractivity contribution in [2.75, 3.05) is 0 Å². The van der Waals surface area contributed by atoms with Gasteiger partial charge in [-0.25, -0.2) is 4.98 Å². The molecule has 0 spiro atoms. The highest BCUT2D eigenvalue weighted by Crippen LogP contribution is 2.16. The van der Waals surface area contributed by atoms with Gasteiger partial charge in [-0.15, -0.1) is 0 Å². The van der Waals surface area contributed by atoms with E-state index in [9.17, 15) is 0 Å². The first-order valence-electron chi connectivity index (χ1n) is 6.81. The summed E-state index contributed by atoms with van der Waals surface area (Å²) in [5.74, 6) is 1.71. The Morgan fingerprint density at radius 1 is 1.11 bits per heavy atom. The highest BCUT2D eigenvalue weighted by molar-refractivity contribution is 5.37. The van der Waals surface area contributed by atoms with E-state index in [2.05, 4.69) is 50.1 Å². The number of aryl methyl sites for hydroxylation is 4. The smallest absolute Gasteiger partial charge is 0.208 e. The average Bonchev–Trinajstić information content (AvgIpc) is 2.80. The summed E-state index contributed by atoms with van der Waals surface area (Å²) in [5, 5.41) is 3.40. The Kier molecular flexibility index (Phi) is 4.38. The predicted molar refractivity (Wildman–Crippen MR) is 77.1 cm³/mol. The quantitative estimate of drug-likeness (QED) is 0.892. The van der Waals surface area contributed by atoms with Crippen molar-refractivity contribution < 1.29 is 4.42 Å². The van der Waals surface area contributed by atoms with Gasteiger partial charge in [-0.1, -0.05) is 24.6 Å². The fourth-order valence-corrected chi connectivity index (χ4v) is 2.38. The minimum atomic E-state index is 0.673. The number of nitrogens with one attached hydrogen (secondary N) is 1. The van der Waals surface area contributed by atoms with Gasteiger partial charge >= 0.3 is 0 Å². The molecule has 0 radical (unpaired) electrons. The number of hydrogen-bond donors (Lipinski definition) is 1. The molecule has 0 bridgehead atoms. The zero-order chi connectivity index (χ0) is 13.8. The molecule has 0 fully saturated rings. The first kappa shape index (κ1) is 13.8. The van der Waals surface area contributed by atoms with Crippen molar-refractivity contribution in [2.24, 2.45) is 0 Å². The van der Waals surface area contributed by atoms with Crippen LogP contribution < -0.4 is 5.32 Å². The van der Waals surface area contributed by atoms with E-state index in [1.807, 2.05) is 0 Å². The van der Waals surface area contributed by atoms with Crippen LogP contribution in [0.15, 0.2) is 22.7 Å². The Bertz CT molecular complexity index is 535. The number of oxazole rings is 1. The van der Waals surface area contributed by atoms with E-state index in [1.54, 1.807) is 6.20 Å². The Balaban J connectivity index is 1.96. The van der Waals surface area contributed by atoms with Crippen LogP contribution in [0.1, 0.15) is 40.8 Å². The summed E-state index contributed by atoms with van der Waals surface area (Å²) >= 11 is 0. The molecule has 0 atom stereocenters. The molecule has 19 heavy (non-hydrogen) atoms. The number of benzene rings is 1. The van der Waals surface area contributed by atoms with Crippen LogP contribution in [-0.2, 0) is 19.5 Å². The minimum Gasteiger partial charge on any atom is -0.444 e. The summed E-state index contributed by atoms with van der Waals surface area (Å²) in [4.78, 5) is 4.25. The van der Waals surface area contributed by atoms with Crippen molar-refractivity contribution in [2.45, 2.75) is 47.2 Å². The van der Waals surface area contributed by atoms with Crippen LogP contribution in [0.5, 0.6) is 0 Å². The van der Waals surface area contributed by atoms with Crippen LogP contribution in [0.4, 0.5) is 0 Å². The van der Waals surface area contributed by atoms with Crippen molar-refractivity contribution in [1.29, 1.82) is 0 Å². The lowest BCUT2D eigenvalue weighted by Gasteiger charge is -2.11.